The molecule has 1 atom stereocenters. The highest BCUT2D eigenvalue weighted by Gasteiger charge is 2.28. The van der Waals surface area contributed by atoms with E-state index in [1.165, 1.54) is 12.1 Å². The minimum atomic E-state index is -4.08. The summed E-state index contributed by atoms with van der Waals surface area (Å²) in [5, 5.41) is 0. The van der Waals surface area contributed by atoms with Crippen molar-refractivity contribution in [3.05, 3.63) is 77.4 Å². The summed E-state index contributed by atoms with van der Waals surface area (Å²) in [5.41, 5.74) is 3.70. The van der Waals surface area contributed by atoms with Gasteiger partial charge in [0.05, 0.1) is 22.5 Å². The zero-order valence-electron chi connectivity index (χ0n) is 20.0. The first-order valence-electron chi connectivity index (χ1n) is 11.4. The Hall–Kier alpha value is -3.50. The molecule has 10 heteroatoms. The van der Waals surface area contributed by atoms with E-state index in [0.717, 1.165) is 28.4 Å². The van der Waals surface area contributed by atoms with Crippen molar-refractivity contribution in [3.8, 4) is 11.5 Å². The molecule has 3 aromatic carbocycles. The first kappa shape index (κ1) is 24.2. The number of fused-ring (bicyclic) bond motifs is 2. The van der Waals surface area contributed by atoms with Gasteiger partial charge < -0.3 is 9.47 Å². The molecule has 0 spiro atoms. The van der Waals surface area contributed by atoms with Gasteiger partial charge in [0, 0.05) is 0 Å². The second-order valence-corrected chi connectivity index (χ2v) is 11.9. The lowest BCUT2D eigenvalue weighted by atomic mass is 9.87. The van der Waals surface area contributed by atoms with Crippen molar-refractivity contribution in [2.75, 3.05) is 6.79 Å². The largest absolute Gasteiger partial charge is 0.454 e. The SMILES string of the molecule is CC(C)(C)c1ccc(S(=O)(=O)NC(=O)C(Cc2ccc3c(c2)OCO3)c2ccc3nsnc3c2)cc1. The topological polar surface area (TPSA) is 107 Å². The van der Waals surface area contributed by atoms with Crippen LogP contribution in [0.5, 0.6) is 11.5 Å². The Morgan fingerprint density at radius 2 is 1.69 bits per heavy atom. The van der Waals surface area contributed by atoms with Crippen LogP contribution in [0.2, 0.25) is 0 Å². The number of benzene rings is 3. The minimum absolute atomic E-state index is 0.0323. The van der Waals surface area contributed by atoms with Gasteiger partial charge >= 0.3 is 0 Å². The number of aromatic nitrogens is 2. The quantitative estimate of drug-likeness (QED) is 0.395. The number of nitrogens with one attached hydrogen (secondary N) is 1. The number of sulfonamides is 1. The average molecular weight is 524 g/mol. The molecule has 1 amide bonds. The van der Waals surface area contributed by atoms with Crippen molar-refractivity contribution in [2.24, 2.45) is 0 Å². The first-order valence-corrected chi connectivity index (χ1v) is 13.6. The van der Waals surface area contributed by atoms with Crippen LogP contribution in [-0.4, -0.2) is 29.9 Å². The van der Waals surface area contributed by atoms with E-state index in [1.807, 2.05) is 32.9 Å². The predicted octanol–water partition coefficient (Wildman–Crippen LogP) is 4.55. The molecule has 5 rings (SSSR count). The maximum Gasteiger partial charge on any atom is 0.264 e. The van der Waals surface area contributed by atoms with Crippen LogP contribution < -0.4 is 14.2 Å². The van der Waals surface area contributed by atoms with Crippen molar-refractivity contribution >= 4 is 38.7 Å². The number of carbonyl (C=O) groups is 1. The number of nitrogens with zero attached hydrogens (tertiary/aromatic N) is 2. The Kier molecular flexibility index (Phi) is 6.17. The zero-order chi connectivity index (χ0) is 25.5. The van der Waals surface area contributed by atoms with Gasteiger partial charge in [0.15, 0.2) is 11.5 Å². The van der Waals surface area contributed by atoms with E-state index in [2.05, 4.69) is 13.5 Å². The Labute approximate surface area is 213 Å². The molecule has 1 aliphatic heterocycles. The maximum absolute atomic E-state index is 13.5. The fourth-order valence-electron chi connectivity index (χ4n) is 4.08. The molecule has 0 bridgehead atoms. The molecule has 1 aromatic heterocycles. The molecule has 0 saturated heterocycles. The fraction of sp³-hybridized carbons (Fsp3) is 0.269. The summed E-state index contributed by atoms with van der Waals surface area (Å²) in [6.07, 6.45) is 0.254. The predicted molar refractivity (Wildman–Crippen MR) is 137 cm³/mol. The van der Waals surface area contributed by atoms with Gasteiger partial charge in [-0.2, -0.15) is 8.75 Å². The lowest BCUT2D eigenvalue weighted by molar-refractivity contribution is -0.120. The third-order valence-electron chi connectivity index (χ3n) is 6.14. The number of hydrogen-bond acceptors (Lipinski definition) is 8. The monoisotopic (exact) mass is 523 g/mol. The normalized spacial score (nSPS) is 14.1. The third-order valence-corrected chi connectivity index (χ3v) is 8.06. The van der Waals surface area contributed by atoms with E-state index in [-0.39, 0.29) is 23.5 Å². The van der Waals surface area contributed by atoms with Crippen LogP contribution in [0, 0.1) is 0 Å². The van der Waals surface area contributed by atoms with Crippen LogP contribution in [0.15, 0.2) is 65.6 Å². The molecular formula is C26H25N3O5S2. The van der Waals surface area contributed by atoms with E-state index in [9.17, 15) is 13.2 Å². The van der Waals surface area contributed by atoms with E-state index in [1.54, 1.807) is 36.4 Å². The van der Waals surface area contributed by atoms with E-state index >= 15 is 0 Å². The van der Waals surface area contributed by atoms with E-state index in [0.29, 0.717) is 22.6 Å². The van der Waals surface area contributed by atoms with Gasteiger partial charge in [-0.05, 0) is 64.9 Å². The minimum Gasteiger partial charge on any atom is -0.454 e. The van der Waals surface area contributed by atoms with Gasteiger partial charge in [0.2, 0.25) is 12.7 Å². The molecule has 0 saturated carbocycles. The summed E-state index contributed by atoms with van der Waals surface area (Å²) >= 11 is 1.08. The van der Waals surface area contributed by atoms with Crippen LogP contribution >= 0.6 is 11.7 Å². The smallest absolute Gasteiger partial charge is 0.264 e. The number of hydrogen-bond donors (Lipinski definition) is 1. The Morgan fingerprint density at radius 1 is 0.972 bits per heavy atom. The summed E-state index contributed by atoms with van der Waals surface area (Å²) in [6.45, 7) is 6.29. The van der Waals surface area contributed by atoms with Crippen molar-refractivity contribution in [2.45, 2.75) is 43.4 Å². The summed E-state index contributed by atoms with van der Waals surface area (Å²) in [6, 6.07) is 17.4. The molecular weight excluding hydrogens is 498 g/mol. The van der Waals surface area contributed by atoms with Gasteiger partial charge in [-0.25, -0.2) is 13.1 Å². The number of carbonyl (C=O) groups excluding carboxylic acids is 1. The lowest BCUT2D eigenvalue weighted by Gasteiger charge is -2.20. The van der Waals surface area contributed by atoms with Crippen molar-refractivity contribution in [1.29, 1.82) is 0 Å². The number of amides is 1. The summed E-state index contributed by atoms with van der Waals surface area (Å²) in [4.78, 5) is 13.5. The second kappa shape index (κ2) is 9.18. The van der Waals surface area contributed by atoms with Crippen LogP contribution in [0.3, 0.4) is 0 Å². The molecule has 8 nitrogen and oxygen atoms in total. The van der Waals surface area contributed by atoms with Gasteiger partial charge in [0.1, 0.15) is 11.0 Å². The van der Waals surface area contributed by atoms with Crippen LogP contribution in [0.25, 0.3) is 11.0 Å². The van der Waals surface area contributed by atoms with Crippen molar-refractivity contribution < 1.29 is 22.7 Å². The highest BCUT2D eigenvalue weighted by molar-refractivity contribution is 7.90. The molecule has 1 N–H and O–H groups in total. The lowest BCUT2D eigenvalue weighted by Crippen LogP contribution is -2.35. The Bertz CT molecular complexity index is 1540. The van der Waals surface area contributed by atoms with Crippen LogP contribution in [0.1, 0.15) is 43.4 Å². The second-order valence-electron chi connectivity index (χ2n) is 9.70. The van der Waals surface area contributed by atoms with Gasteiger partial charge in [-0.1, -0.05) is 45.0 Å². The molecule has 0 fully saturated rings. The number of ether oxygens (including phenoxy) is 2. The summed E-state index contributed by atoms with van der Waals surface area (Å²) in [7, 11) is -4.08. The van der Waals surface area contributed by atoms with Gasteiger partial charge in [-0.3, -0.25) is 4.79 Å². The van der Waals surface area contributed by atoms with Gasteiger partial charge in [0.25, 0.3) is 10.0 Å². The average Bonchev–Trinajstić information content (AvgIpc) is 3.50. The molecule has 2 heterocycles. The molecule has 0 radical (unpaired) electrons. The Balaban J connectivity index is 1.45. The molecule has 1 aliphatic rings. The van der Waals surface area contributed by atoms with Crippen molar-refractivity contribution in [3.63, 3.8) is 0 Å². The Morgan fingerprint density at radius 3 is 2.44 bits per heavy atom. The molecule has 0 aliphatic carbocycles. The summed E-state index contributed by atoms with van der Waals surface area (Å²) < 4.78 is 47.9. The maximum atomic E-state index is 13.5. The highest BCUT2D eigenvalue weighted by atomic mass is 32.2. The molecule has 186 valence electrons. The molecule has 1 unspecified atom stereocenters. The highest BCUT2D eigenvalue weighted by Crippen LogP contribution is 2.34. The zero-order valence-corrected chi connectivity index (χ0v) is 21.7. The van der Waals surface area contributed by atoms with E-state index < -0.39 is 21.8 Å². The summed E-state index contributed by atoms with van der Waals surface area (Å²) in [5.74, 6) is -0.191. The standard InChI is InChI=1S/C26H25N3O5S2/c1-26(2,3)18-6-8-19(9-7-18)36(31,32)29-25(30)20(17-5-10-21-22(14-17)28-35-27-21)12-16-4-11-23-24(13-16)34-15-33-23/h4-11,13-14,20H,12,15H2,1-3H3,(H,29,30). The molecule has 4 aromatic rings. The van der Waals surface area contributed by atoms with Crippen molar-refractivity contribution in [1.82, 2.24) is 13.5 Å². The van der Waals surface area contributed by atoms with E-state index in [4.69, 9.17) is 9.47 Å². The fourth-order valence-corrected chi connectivity index (χ4v) is 5.61. The number of rotatable bonds is 6. The van der Waals surface area contributed by atoms with Gasteiger partial charge in [-0.15, -0.1) is 0 Å². The molecule has 36 heavy (non-hydrogen) atoms. The third kappa shape index (κ3) is 4.91. The van der Waals surface area contributed by atoms with Crippen LogP contribution in [0.4, 0.5) is 0 Å². The first-order chi connectivity index (χ1) is 17.1. The van der Waals surface area contributed by atoms with Crippen LogP contribution in [-0.2, 0) is 26.7 Å².